The number of nitrogens with one attached hydrogen (secondary N) is 2. The van der Waals surface area contributed by atoms with E-state index in [0.29, 0.717) is 40.3 Å². The van der Waals surface area contributed by atoms with Crippen LogP contribution in [0.4, 0.5) is 28.8 Å². The van der Waals surface area contributed by atoms with Gasteiger partial charge in [0.2, 0.25) is 0 Å². The van der Waals surface area contributed by atoms with Crippen LogP contribution >= 0.6 is 0 Å². The van der Waals surface area contributed by atoms with Crippen LogP contribution < -0.4 is 25.8 Å². The van der Waals surface area contributed by atoms with E-state index in [1.54, 1.807) is 38.6 Å². The van der Waals surface area contributed by atoms with Crippen molar-refractivity contribution in [2.45, 2.75) is 0 Å². The van der Waals surface area contributed by atoms with Crippen molar-refractivity contribution < 1.29 is 9.47 Å². The molecule has 2 heterocycles. The molecule has 8 nitrogen and oxygen atoms in total. The Kier molecular flexibility index (Phi) is 4.79. The number of nitrogen functional groups attached to an aromatic ring is 1. The summed E-state index contributed by atoms with van der Waals surface area (Å²) in [5.74, 6) is 2.86. The van der Waals surface area contributed by atoms with Gasteiger partial charge in [0.1, 0.15) is 29.3 Å². The lowest BCUT2D eigenvalue weighted by molar-refractivity contribution is 0.405. The zero-order chi connectivity index (χ0) is 17.6. The quantitative estimate of drug-likeness (QED) is 0.630. The van der Waals surface area contributed by atoms with Crippen molar-refractivity contribution in [2.24, 2.45) is 0 Å². The number of methoxy groups -OCH3 is 2. The summed E-state index contributed by atoms with van der Waals surface area (Å²) >= 11 is 0. The fourth-order valence-electron chi connectivity index (χ4n) is 2.19. The number of nitrogens with two attached hydrogens (primary N) is 1. The summed E-state index contributed by atoms with van der Waals surface area (Å²) < 4.78 is 10.6. The average Bonchev–Trinajstić information content (AvgIpc) is 2.65. The maximum atomic E-state index is 6.19. The Morgan fingerprint density at radius 1 is 0.920 bits per heavy atom. The first-order chi connectivity index (χ1) is 12.2. The third-order valence-corrected chi connectivity index (χ3v) is 3.45. The van der Waals surface area contributed by atoms with Gasteiger partial charge in [-0.1, -0.05) is 6.07 Å². The Morgan fingerprint density at radius 2 is 1.72 bits per heavy atom. The van der Waals surface area contributed by atoms with Gasteiger partial charge in [0.15, 0.2) is 11.6 Å². The summed E-state index contributed by atoms with van der Waals surface area (Å²) in [4.78, 5) is 12.6. The van der Waals surface area contributed by atoms with Gasteiger partial charge in [0.05, 0.1) is 19.9 Å². The summed E-state index contributed by atoms with van der Waals surface area (Å²) in [5.41, 5.74) is 7.23. The molecule has 128 valence electrons. The maximum Gasteiger partial charge on any atom is 0.160 e. The smallest absolute Gasteiger partial charge is 0.160 e. The third-order valence-electron chi connectivity index (χ3n) is 3.45. The van der Waals surface area contributed by atoms with Gasteiger partial charge in [-0.2, -0.15) is 0 Å². The second-order valence-electron chi connectivity index (χ2n) is 5.02. The van der Waals surface area contributed by atoms with E-state index in [1.165, 1.54) is 6.33 Å². The molecule has 0 radical (unpaired) electrons. The van der Waals surface area contributed by atoms with Gasteiger partial charge < -0.3 is 25.8 Å². The van der Waals surface area contributed by atoms with E-state index in [4.69, 9.17) is 15.2 Å². The highest BCUT2D eigenvalue weighted by Gasteiger charge is 2.12. The lowest BCUT2D eigenvalue weighted by atomic mass is 10.2. The van der Waals surface area contributed by atoms with Gasteiger partial charge in [-0.15, -0.1) is 0 Å². The van der Waals surface area contributed by atoms with Gasteiger partial charge in [0.25, 0.3) is 0 Å². The van der Waals surface area contributed by atoms with Gasteiger partial charge in [-0.25, -0.2) is 15.0 Å². The number of pyridine rings is 1. The highest BCUT2D eigenvalue weighted by Crippen LogP contribution is 2.34. The number of anilines is 5. The number of benzene rings is 1. The molecule has 0 aliphatic rings. The SMILES string of the molecule is COc1ccc(OC)c(Nc2ncnc(Nc3ccccn3)c2N)c1. The number of hydrogen-bond donors (Lipinski definition) is 3. The summed E-state index contributed by atoms with van der Waals surface area (Å²) in [6, 6.07) is 10.9. The molecule has 1 aromatic carbocycles. The first-order valence-electron chi connectivity index (χ1n) is 7.49. The molecule has 0 amide bonds. The molecule has 2 aromatic heterocycles. The Balaban J connectivity index is 1.90. The summed E-state index contributed by atoms with van der Waals surface area (Å²) in [5, 5.41) is 6.22. The zero-order valence-electron chi connectivity index (χ0n) is 13.9. The summed E-state index contributed by atoms with van der Waals surface area (Å²) in [7, 11) is 3.18. The van der Waals surface area contributed by atoms with E-state index in [-0.39, 0.29) is 0 Å². The predicted molar refractivity (Wildman–Crippen MR) is 96.8 cm³/mol. The second-order valence-corrected chi connectivity index (χ2v) is 5.02. The van der Waals surface area contributed by atoms with Crippen LogP contribution in [0, 0.1) is 0 Å². The van der Waals surface area contributed by atoms with Crippen LogP contribution in [0.1, 0.15) is 0 Å². The topological polar surface area (TPSA) is 107 Å². The lowest BCUT2D eigenvalue weighted by Gasteiger charge is -2.15. The van der Waals surface area contributed by atoms with E-state index >= 15 is 0 Å². The molecule has 25 heavy (non-hydrogen) atoms. The van der Waals surface area contributed by atoms with Crippen molar-refractivity contribution >= 4 is 28.8 Å². The Bertz CT molecular complexity index is 857. The van der Waals surface area contributed by atoms with Crippen LogP contribution in [0.5, 0.6) is 11.5 Å². The van der Waals surface area contributed by atoms with Gasteiger partial charge in [0, 0.05) is 12.3 Å². The summed E-state index contributed by atoms with van der Waals surface area (Å²) in [6.45, 7) is 0. The van der Waals surface area contributed by atoms with Crippen molar-refractivity contribution in [1.82, 2.24) is 15.0 Å². The van der Waals surface area contributed by atoms with Crippen LogP contribution in [0.2, 0.25) is 0 Å². The van der Waals surface area contributed by atoms with Crippen LogP contribution in [-0.2, 0) is 0 Å². The molecule has 0 unspecified atom stereocenters. The summed E-state index contributed by atoms with van der Waals surface area (Å²) in [6.07, 6.45) is 3.09. The molecule has 8 heteroatoms. The molecular weight excluding hydrogens is 320 g/mol. The van der Waals surface area contributed by atoms with Gasteiger partial charge in [-0.05, 0) is 24.3 Å². The maximum absolute atomic E-state index is 6.19. The molecule has 0 aliphatic carbocycles. The predicted octanol–water partition coefficient (Wildman–Crippen LogP) is 2.96. The molecule has 3 aromatic rings. The lowest BCUT2D eigenvalue weighted by Crippen LogP contribution is -2.06. The molecule has 0 fully saturated rings. The van der Waals surface area contributed by atoms with Crippen LogP contribution in [0.3, 0.4) is 0 Å². The Hall–Kier alpha value is -3.55. The molecule has 0 saturated carbocycles. The number of ether oxygens (including phenoxy) is 2. The van der Waals surface area contributed by atoms with E-state index in [2.05, 4.69) is 25.6 Å². The highest BCUT2D eigenvalue weighted by atomic mass is 16.5. The minimum absolute atomic E-state index is 0.359. The van der Waals surface area contributed by atoms with Crippen LogP contribution in [0.15, 0.2) is 48.9 Å². The minimum atomic E-state index is 0.359. The van der Waals surface area contributed by atoms with Gasteiger partial charge in [-0.3, -0.25) is 0 Å². The Labute approximate surface area is 145 Å². The van der Waals surface area contributed by atoms with Gasteiger partial charge >= 0.3 is 0 Å². The average molecular weight is 338 g/mol. The monoisotopic (exact) mass is 338 g/mol. The number of aromatic nitrogens is 3. The van der Waals surface area contributed by atoms with Crippen molar-refractivity contribution in [3.63, 3.8) is 0 Å². The number of hydrogen-bond acceptors (Lipinski definition) is 8. The highest BCUT2D eigenvalue weighted by molar-refractivity contribution is 5.81. The standard InChI is InChI=1S/C17H18N6O2/c1-24-11-6-7-13(25-2)12(9-11)22-16-15(18)17(21-10-20-16)23-14-5-3-4-8-19-14/h3-10H,18H2,1-2H3,(H2,19,20,21,22,23). The van der Waals surface area contributed by atoms with Crippen molar-refractivity contribution in [3.05, 3.63) is 48.9 Å². The molecule has 0 saturated heterocycles. The fraction of sp³-hybridized carbons (Fsp3) is 0.118. The van der Waals surface area contributed by atoms with Crippen LogP contribution in [0.25, 0.3) is 0 Å². The van der Waals surface area contributed by atoms with E-state index < -0.39 is 0 Å². The van der Waals surface area contributed by atoms with Crippen molar-refractivity contribution in [3.8, 4) is 11.5 Å². The largest absolute Gasteiger partial charge is 0.497 e. The molecule has 0 spiro atoms. The fourth-order valence-corrected chi connectivity index (χ4v) is 2.19. The molecule has 3 rings (SSSR count). The van der Waals surface area contributed by atoms with E-state index in [9.17, 15) is 0 Å². The van der Waals surface area contributed by atoms with E-state index in [1.807, 2.05) is 18.2 Å². The molecule has 4 N–H and O–H groups in total. The van der Waals surface area contributed by atoms with Crippen molar-refractivity contribution in [2.75, 3.05) is 30.6 Å². The number of nitrogens with zero attached hydrogens (tertiary/aromatic N) is 3. The molecule has 0 bridgehead atoms. The number of rotatable bonds is 6. The third kappa shape index (κ3) is 3.69. The molecule has 0 atom stereocenters. The Morgan fingerprint density at radius 3 is 2.40 bits per heavy atom. The second kappa shape index (κ2) is 7.35. The minimum Gasteiger partial charge on any atom is -0.497 e. The first kappa shape index (κ1) is 16.3. The molecule has 0 aliphatic heterocycles. The van der Waals surface area contributed by atoms with Crippen LogP contribution in [-0.4, -0.2) is 29.2 Å². The first-order valence-corrected chi connectivity index (χ1v) is 7.49. The van der Waals surface area contributed by atoms with Crippen molar-refractivity contribution in [1.29, 1.82) is 0 Å². The normalized spacial score (nSPS) is 10.2. The molecular formula is C17H18N6O2. The van der Waals surface area contributed by atoms with E-state index in [0.717, 1.165) is 0 Å². The zero-order valence-corrected chi connectivity index (χ0v) is 13.9.